The first-order valence-electron chi connectivity index (χ1n) is 9.92. The highest BCUT2D eigenvalue weighted by molar-refractivity contribution is 9.11. The van der Waals surface area contributed by atoms with Crippen molar-refractivity contribution in [3.63, 3.8) is 0 Å². The maximum atomic E-state index is 12.5. The molecular weight excluding hydrogens is 586 g/mol. The van der Waals surface area contributed by atoms with Gasteiger partial charge in [0.2, 0.25) is 0 Å². The molecule has 3 aromatic carbocycles. The topological polar surface area (TPSA) is 91.2 Å². The first-order chi connectivity index (χ1) is 16.2. The molecule has 0 aliphatic heterocycles. The number of hydrogen-bond donors (Lipinski definition) is 2. The number of nitrogens with zero attached hydrogens (tertiary/aromatic N) is 1. The van der Waals surface area contributed by atoms with Gasteiger partial charge in [-0.05, 0) is 99.0 Å². The Labute approximate surface area is 218 Å². The van der Waals surface area contributed by atoms with Gasteiger partial charge in [-0.25, -0.2) is 0 Å². The predicted octanol–water partition coefficient (Wildman–Crippen LogP) is 6.74. The van der Waals surface area contributed by atoms with Crippen LogP contribution in [0, 0.1) is 18.3 Å². The molecule has 2 amide bonds. The third kappa shape index (κ3) is 7.19. The third-order valence-electron chi connectivity index (χ3n) is 4.48. The molecule has 3 aromatic rings. The van der Waals surface area contributed by atoms with Gasteiger partial charge in [0.1, 0.15) is 17.4 Å². The number of anilines is 2. The predicted molar refractivity (Wildman–Crippen MR) is 141 cm³/mol. The number of carbonyl (C=O) groups is 2. The normalized spacial score (nSPS) is 10.9. The maximum absolute atomic E-state index is 12.5. The Balaban J connectivity index is 1.68. The van der Waals surface area contributed by atoms with Crippen LogP contribution in [-0.4, -0.2) is 18.4 Å². The molecule has 0 unspecified atom stereocenters. The van der Waals surface area contributed by atoms with Gasteiger partial charge in [-0.15, -0.1) is 0 Å². The van der Waals surface area contributed by atoms with Crippen LogP contribution in [0.3, 0.4) is 0 Å². The lowest BCUT2D eigenvalue weighted by Crippen LogP contribution is -2.20. The number of benzene rings is 3. The van der Waals surface area contributed by atoms with Gasteiger partial charge < -0.3 is 15.4 Å². The van der Waals surface area contributed by atoms with Crippen molar-refractivity contribution in [3.8, 4) is 11.8 Å². The van der Waals surface area contributed by atoms with Crippen LogP contribution in [0.2, 0.25) is 5.02 Å². The van der Waals surface area contributed by atoms with Crippen molar-refractivity contribution >= 4 is 72.7 Å². The molecule has 172 valence electrons. The Bertz CT molecular complexity index is 1260. The quantitative estimate of drug-likeness (QED) is 0.231. The summed E-state index contributed by atoms with van der Waals surface area (Å²) in [7, 11) is 0. The van der Waals surface area contributed by atoms with Crippen LogP contribution >= 0.6 is 43.5 Å². The van der Waals surface area contributed by atoms with Crippen molar-refractivity contribution in [1.29, 1.82) is 5.26 Å². The van der Waals surface area contributed by atoms with E-state index in [-0.39, 0.29) is 18.1 Å². The van der Waals surface area contributed by atoms with E-state index in [0.29, 0.717) is 36.7 Å². The Morgan fingerprint density at radius 1 is 1.00 bits per heavy atom. The summed E-state index contributed by atoms with van der Waals surface area (Å²) in [6.45, 7) is 1.77. The number of carbonyl (C=O) groups excluding carboxylic acids is 2. The van der Waals surface area contributed by atoms with Crippen molar-refractivity contribution in [3.05, 3.63) is 91.3 Å². The first kappa shape index (κ1) is 25.5. The van der Waals surface area contributed by atoms with E-state index in [4.69, 9.17) is 16.3 Å². The fourth-order valence-corrected chi connectivity index (χ4v) is 4.40. The summed E-state index contributed by atoms with van der Waals surface area (Å²) in [6.07, 6.45) is 1.45. The van der Waals surface area contributed by atoms with Crippen LogP contribution < -0.4 is 15.4 Å². The molecule has 3 rings (SSSR count). The van der Waals surface area contributed by atoms with Gasteiger partial charge in [0, 0.05) is 16.4 Å². The number of halogens is 3. The molecule has 6 nitrogen and oxygen atoms in total. The first-order valence-corrected chi connectivity index (χ1v) is 11.9. The number of ether oxygens (including phenoxy) is 1. The highest BCUT2D eigenvalue weighted by Crippen LogP contribution is 2.35. The lowest BCUT2D eigenvalue weighted by molar-refractivity contribution is -0.118. The van der Waals surface area contributed by atoms with E-state index in [2.05, 4.69) is 42.5 Å². The lowest BCUT2D eigenvalue weighted by Gasteiger charge is -2.12. The van der Waals surface area contributed by atoms with Crippen molar-refractivity contribution in [2.24, 2.45) is 0 Å². The summed E-state index contributed by atoms with van der Waals surface area (Å²) < 4.78 is 6.76. The number of aryl methyl sites for hydroxylation is 1. The minimum Gasteiger partial charge on any atom is -0.481 e. The third-order valence-corrected chi connectivity index (χ3v) is 5.91. The number of rotatable bonds is 7. The molecule has 2 N–H and O–H groups in total. The minimum absolute atomic E-state index is 0.0834. The molecule has 34 heavy (non-hydrogen) atoms. The largest absolute Gasteiger partial charge is 0.481 e. The zero-order valence-electron chi connectivity index (χ0n) is 17.9. The Morgan fingerprint density at radius 3 is 2.15 bits per heavy atom. The van der Waals surface area contributed by atoms with Crippen LogP contribution in [0.25, 0.3) is 6.08 Å². The van der Waals surface area contributed by atoms with Crippen molar-refractivity contribution < 1.29 is 14.3 Å². The Hall–Kier alpha value is -3.12. The van der Waals surface area contributed by atoms with Gasteiger partial charge in [0.15, 0.2) is 6.61 Å². The summed E-state index contributed by atoms with van der Waals surface area (Å²) in [4.78, 5) is 24.7. The monoisotopic (exact) mass is 601 g/mol. The van der Waals surface area contributed by atoms with Crippen LogP contribution in [0.5, 0.6) is 5.75 Å². The molecule has 9 heteroatoms. The van der Waals surface area contributed by atoms with E-state index in [0.717, 1.165) is 5.56 Å². The molecule has 0 bridgehead atoms. The average molecular weight is 604 g/mol. The Kier molecular flexibility index (Phi) is 8.88. The van der Waals surface area contributed by atoms with Crippen molar-refractivity contribution in [2.75, 3.05) is 17.2 Å². The molecule has 0 fully saturated rings. The van der Waals surface area contributed by atoms with Gasteiger partial charge in [-0.3, -0.25) is 9.59 Å². The highest BCUT2D eigenvalue weighted by atomic mass is 79.9. The zero-order chi connectivity index (χ0) is 24.7. The number of amides is 2. The lowest BCUT2D eigenvalue weighted by atomic mass is 10.1. The SMILES string of the molecule is Cc1ccc(NC(=O)COc2c(Br)cc(/C=C(\C#N)C(=O)Nc3ccc(Cl)cc3)cc2Br)cc1. The van der Waals surface area contributed by atoms with E-state index in [1.54, 1.807) is 36.4 Å². The highest BCUT2D eigenvalue weighted by Gasteiger charge is 2.14. The van der Waals surface area contributed by atoms with E-state index in [1.807, 2.05) is 37.3 Å². The second-order valence-electron chi connectivity index (χ2n) is 7.15. The number of nitriles is 1. The van der Waals surface area contributed by atoms with Gasteiger partial charge in [0.05, 0.1) is 8.95 Å². The Morgan fingerprint density at radius 2 is 1.56 bits per heavy atom. The molecule has 0 aromatic heterocycles. The second kappa shape index (κ2) is 11.8. The van der Waals surface area contributed by atoms with Crippen molar-refractivity contribution in [2.45, 2.75) is 6.92 Å². The van der Waals surface area contributed by atoms with Gasteiger partial charge in [0.25, 0.3) is 11.8 Å². The number of hydrogen-bond acceptors (Lipinski definition) is 4. The molecule has 0 heterocycles. The maximum Gasteiger partial charge on any atom is 0.266 e. The molecule has 0 spiro atoms. The van der Waals surface area contributed by atoms with Crippen molar-refractivity contribution in [1.82, 2.24) is 0 Å². The molecule has 0 atom stereocenters. The molecule has 0 saturated carbocycles. The summed E-state index contributed by atoms with van der Waals surface area (Å²) in [5.41, 5.74) is 2.79. The fourth-order valence-electron chi connectivity index (χ4n) is 2.82. The molecular formula is C25H18Br2ClN3O3. The standard InChI is InChI=1S/C25H18Br2ClN3O3/c1-15-2-6-19(7-3-15)30-23(32)14-34-24-21(26)11-16(12-22(24)27)10-17(13-29)25(33)31-20-8-4-18(28)5-9-20/h2-12H,14H2,1H3,(H,30,32)(H,31,33)/b17-10+. The molecule has 0 radical (unpaired) electrons. The van der Waals surface area contributed by atoms with E-state index >= 15 is 0 Å². The molecule has 0 aliphatic carbocycles. The average Bonchev–Trinajstić information content (AvgIpc) is 2.80. The minimum atomic E-state index is -0.551. The summed E-state index contributed by atoms with van der Waals surface area (Å²) >= 11 is 12.7. The van der Waals surface area contributed by atoms with E-state index in [9.17, 15) is 14.9 Å². The van der Waals surface area contributed by atoms with E-state index in [1.165, 1.54) is 6.08 Å². The van der Waals surface area contributed by atoms with Crippen LogP contribution in [0.15, 0.2) is 75.2 Å². The van der Waals surface area contributed by atoms with Gasteiger partial charge in [-0.2, -0.15) is 5.26 Å². The zero-order valence-corrected chi connectivity index (χ0v) is 21.8. The molecule has 0 aliphatic rings. The van der Waals surface area contributed by atoms with Crippen LogP contribution in [-0.2, 0) is 9.59 Å². The smallest absolute Gasteiger partial charge is 0.266 e. The van der Waals surface area contributed by atoms with Crippen LogP contribution in [0.4, 0.5) is 11.4 Å². The van der Waals surface area contributed by atoms with Gasteiger partial charge >= 0.3 is 0 Å². The summed E-state index contributed by atoms with van der Waals surface area (Å²) in [5, 5.41) is 15.4. The van der Waals surface area contributed by atoms with Crippen LogP contribution in [0.1, 0.15) is 11.1 Å². The molecule has 0 saturated heterocycles. The second-order valence-corrected chi connectivity index (χ2v) is 9.29. The summed E-state index contributed by atoms with van der Waals surface area (Å²) in [5.74, 6) is -0.442. The fraction of sp³-hybridized carbons (Fsp3) is 0.0800. The summed E-state index contributed by atoms with van der Waals surface area (Å²) in [6, 6.07) is 19.3. The number of nitrogens with one attached hydrogen (secondary N) is 2. The van der Waals surface area contributed by atoms with Gasteiger partial charge in [-0.1, -0.05) is 29.3 Å². The van der Waals surface area contributed by atoms with E-state index < -0.39 is 5.91 Å².